The molecule has 1 heterocycles. The van der Waals surface area contributed by atoms with Gasteiger partial charge in [-0.1, -0.05) is 32.0 Å². The Labute approximate surface area is 139 Å². The van der Waals surface area contributed by atoms with Gasteiger partial charge < -0.3 is 9.30 Å². The number of carbonyl (C=O) groups excluding carboxylic acids is 1. The van der Waals surface area contributed by atoms with Gasteiger partial charge in [-0.3, -0.25) is 4.79 Å². The largest absolute Gasteiger partial charge is 0.485 e. The van der Waals surface area contributed by atoms with Crippen LogP contribution in [0.3, 0.4) is 0 Å². The van der Waals surface area contributed by atoms with Crippen molar-refractivity contribution < 1.29 is 9.53 Å². The third-order valence-corrected chi connectivity index (χ3v) is 4.20. The predicted octanol–water partition coefficient (Wildman–Crippen LogP) is 5.07. The number of para-hydroxylation sites is 1. The summed E-state index contributed by atoms with van der Waals surface area (Å²) in [6, 6.07) is 10.2. The molecule has 2 aromatic rings. The number of aromatic nitrogens is 1. The van der Waals surface area contributed by atoms with Gasteiger partial charge in [-0.05, 0) is 51.3 Å². The summed E-state index contributed by atoms with van der Waals surface area (Å²) >= 11 is 0. The molecule has 0 radical (unpaired) electrons. The number of hydrogen-bond acceptors (Lipinski definition) is 2. The molecule has 1 aromatic heterocycles. The van der Waals surface area contributed by atoms with E-state index in [1.807, 2.05) is 38.1 Å². The lowest BCUT2D eigenvalue weighted by atomic mass is 10.0. The molecule has 3 nitrogen and oxygen atoms in total. The van der Waals surface area contributed by atoms with Crippen LogP contribution in [0.4, 0.5) is 0 Å². The Morgan fingerprint density at radius 3 is 2.35 bits per heavy atom. The van der Waals surface area contributed by atoms with E-state index in [1.54, 1.807) is 0 Å². The molecule has 124 valence electrons. The van der Waals surface area contributed by atoms with E-state index >= 15 is 0 Å². The summed E-state index contributed by atoms with van der Waals surface area (Å²) < 4.78 is 8.01. The Morgan fingerprint density at radius 2 is 1.78 bits per heavy atom. The van der Waals surface area contributed by atoms with Gasteiger partial charge in [-0.2, -0.15) is 0 Å². The molecular weight excluding hydrogens is 286 g/mol. The first-order chi connectivity index (χ1) is 10.8. The summed E-state index contributed by atoms with van der Waals surface area (Å²) in [6.45, 7) is 12.6. The van der Waals surface area contributed by atoms with Crippen molar-refractivity contribution in [3.8, 4) is 5.75 Å². The Kier molecular flexibility index (Phi) is 5.30. The van der Waals surface area contributed by atoms with E-state index in [0.29, 0.717) is 12.0 Å². The smallest absolute Gasteiger partial charge is 0.202 e. The van der Waals surface area contributed by atoms with Crippen molar-refractivity contribution in [2.45, 2.75) is 53.5 Å². The van der Waals surface area contributed by atoms with E-state index in [0.717, 1.165) is 28.3 Å². The standard InChI is InChI=1S/C20H27NO2/c1-13(2)17-9-7-8-10-20(17)23-12-19(22)18-11-15(5)21(14(3)4)16(18)6/h7-11,13-14H,12H2,1-6H3. The van der Waals surface area contributed by atoms with Crippen LogP contribution >= 0.6 is 0 Å². The van der Waals surface area contributed by atoms with Gasteiger partial charge >= 0.3 is 0 Å². The van der Waals surface area contributed by atoms with E-state index in [9.17, 15) is 4.79 Å². The Bertz CT molecular complexity index is 696. The molecule has 0 N–H and O–H groups in total. The Hall–Kier alpha value is -2.03. The number of carbonyl (C=O) groups is 1. The fraction of sp³-hybridized carbons (Fsp3) is 0.450. The third kappa shape index (κ3) is 3.66. The molecule has 23 heavy (non-hydrogen) atoms. The Balaban J connectivity index is 2.17. The average molecular weight is 313 g/mol. The number of Topliss-reactive ketones (excluding diaryl/α,β-unsaturated/α-hetero) is 1. The second kappa shape index (κ2) is 7.03. The quantitative estimate of drug-likeness (QED) is 0.697. The van der Waals surface area contributed by atoms with E-state index in [-0.39, 0.29) is 12.4 Å². The highest BCUT2D eigenvalue weighted by molar-refractivity contribution is 5.98. The van der Waals surface area contributed by atoms with Crippen molar-refractivity contribution in [3.05, 3.63) is 52.8 Å². The van der Waals surface area contributed by atoms with Crippen molar-refractivity contribution in [1.82, 2.24) is 4.57 Å². The van der Waals surface area contributed by atoms with Crippen LogP contribution in [0.5, 0.6) is 5.75 Å². The number of ether oxygens (including phenoxy) is 1. The summed E-state index contributed by atoms with van der Waals surface area (Å²) in [6.07, 6.45) is 0. The molecule has 0 amide bonds. The van der Waals surface area contributed by atoms with Crippen molar-refractivity contribution in [3.63, 3.8) is 0 Å². The van der Waals surface area contributed by atoms with Crippen LogP contribution in [0.1, 0.15) is 67.0 Å². The van der Waals surface area contributed by atoms with E-state index < -0.39 is 0 Å². The van der Waals surface area contributed by atoms with Gasteiger partial charge in [0.05, 0.1) is 0 Å². The molecule has 0 aliphatic heterocycles. The number of hydrogen-bond donors (Lipinski definition) is 0. The normalized spacial score (nSPS) is 11.3. The van der Waals surface area contributed by atoms with Crippen molar-refractivity contribution >= 4 is 5.78 Å². The molecule has 1 aromatic carbocycles. The molecule has 2 rings (SSSR count). The van der Waals surface area contributed by atoms with Crippen molar-refractivity contribution in [2.24, 2.45) is 0 Å². The van der Waals surface area contributed by atoms with Gasteiger partial charge in [0, 0.05) is 23.0 Å². The molecule has 0 saturated heterocycles. The maximum atomic E-state index is 12.6. The molecule has 0 unspecified atom stereocenters. The van der Waals surface area contributed by atoms with E-state index in [4.69, 9.17) is 4.74 Å². The van der Waals surface area contributed by atoms with Crippen LogP contribution in [-0.4, -0.2) is 17.0 Å². The summed E-state index contributed by atoms with van der Waals surface area (Å²) in [5.74, 6) is 1.20. The van der Waals surface area contributed by atoms with Crippen LogP contribution in [0, 0.1) is 13.8 Å². The summed E-state index contributed by atoms with van der Waals surface area (Å²) in [5, 5.41) is 0. The highest BCUT2D eigenvalue weighted by Crippen LogP contribution is 2.26. The first-order valence-corrected chi connectivity index (χ1v) is 8.26. The molecule has 0 saturated carbocycles. The monoisotopic (exact) mass is 313 g/mol. The van der Waals surface area contributed by atoms with Crippen LogP contribution in [0.15, 0.2) is 30.3 Å². The van der Waals surface area contributed by atoms with Gasteiger partial charge in [0.1, 0.15) is 5.75 Å². The summed E-state index contributed by atoms with van der Waals surface area (Å²) in [4.78, 5) is 12.6. The number of nitrogens with zero attached hydrogens (tertiary/aromatic N) is 1. The van der Waals surface area contributed by atoms with Gasteiger partial charge in [-0.15, -0.1) is 0 Å². The lowest BCUT2D eigenvalue weighted by Crippen LogP contribution is -2.14. The highest BCUT2D eigenvalue weighted by Gasteiger charge is 2.18. The minimum atomic E-state index is 0.0311. The zero-order chi connectivity index (χ0) is 17.1. The minimum Gasteiger partial charge on any atom is -0.485 e. The van der Waals surface area contributed by atoms with Gasteiger partial charge in [0.2, 0.25) is 5.78 Å². The first-order valence-electron chi connectivity index (χ1n) is 8.26. The maximum absolute atomic E-state index is 12.6. The van der Waals surface area contributed by atoms with Crippen molar-refractivity contribution in [1.29, 1.82) is 0 Å². The Morgan fingerprint density at radius 1 is 1.13 bits per heavy atom. The SMILES string of the molecule is Cc1cc(C(=O)COc2ccccc2C(C)C)c(C)n1C(C)C. The van der Waals surface area contributed by atoms with Crippen LogP contribution in [0.25, 0.3) is 0 Å². The molecule has 3 heteroatoms. The fourth-order valence-corrected chi connectivity index (χ4v) is 3.16. The summed E-state index contributed by atoms with van der Waals surface area (Å²) in [7, 11) is 0. The lowest BCUT2D eigenvalue weighted by Gasteiger charge is -2.14. The number of rotatable bonds is 6. The molecule has 0 fully saturated rings. The zero-order valence-electron chi connectivity index (χ0n) is 15.0. The van der Waals surface area contributed by atoms with E-state index in [2.05, 4.69) is 38.3 Å². The second-order valence-corrected chi connectivity index (χ2v) is 6.65. The predicted molar refractivity (Wildman–Crippen MR) is 94.6 cm³/mol. The molecule has 0 spiro atoms. The molecule has 0 aliphatic carbocycles. The lowest BCUT2D eigenvalue weighted by molar-refractivity contribution is 0.0920. The van der Waals surface area contributed by atoms with Crippen LogP contribution < -0.4 is 4.74 Å². The van der Waals surface area contributed by atoms with Crippen molar-refractivity contribution in [2.75, 3.05) is 6.61 Å². The van der Waals surface area contributed by atoms with E-state index in [1.165, 1.54) is 0 Å². The third-order valence-electron chi connectivity index (χ3n) is 4.20. The number of benzene rings is 1. The average Bonchev–Trinajstić information content (AvgIpc) is 2.80. The molecule has 0 aliphatic rings. The minimum absolute atomic E-state index is 0.0311. The molecule has 0 atom stereocenters. The zero-order valence-corrected chi connectivity index (χ0v) is 15.0. The molecule has 0 bridgehead atoms. The maximum Gasteiger partial charge on any atom is 0.202 e. The van der Waals surface area contributed by atoms with Gasteiger partial charge in [-0.25, -0.2) is 0 Å². The fourth-order valence-electron chi connectivity index (χ4n) is 3.16. The topological polar surface area (TPSA) is 31.2 Å². The summed E-state index contributed by atoms with van der Waals surface area (Å²) in [5.41, 5.74) is 4.03. The van der Waals surface area contributed by atoms with Gasteiger partial charge in [0.25, 0.3) is 0 Å². The number of ketones is 1. The van der Waals surface area contributed by atoms with Gasteiger partial charge in [0.15, 0.2) is 6.61 Å². The van der Waals surface area contributed by atoms with Crippen LogP contribution in [-0.2, 0) is 0 Å². The molecular formula is C20H27NO2. The second-order valence-electron chi connectivity index (χ2n) is 6.65. The highest BCUT2D eigenvalue weighted by atomic mass is 16.5. The van der Waals surface area contributed by atoms with Crippen LogP contribution in [0.2, 0.25) is 0 Å². The first kappa shape index (κ1) is 17.3. The number of aryl methyl sites for hydroxylation is 1.